The number of ether oxygens (including phenoxy) is 2. The van der Waals surface area contributed by atoms with Gasteiger partial charge in [-0.15, -0.1) is 0 Å². The van der Waals surface area contributed by atoms with Gasteiger partial charge in [0.15, 0.2) is 11.5 Å². The molecule has 0 saturated heterocycles. The molecule has 0 fully saturated rings. The van der Waals surface area contributed by atoms with E-state index < -0.39 is 5.97 Å². The van der Waals surface area contributed by atoms with Crippen molar-refractivity contribution in [1.29, 1.82) is 0 Å². The maximum absolute atomic E-state index is 10.5. The first-order valence-corrected chi connectivity index (χ1v) is 5.90. The molecule has 19 heavy (non-hydrogen) atoms. The van der Waals surface area contributed by atoms with Crippen LogP contribution in [-0.4, -0.2) is 24.8 Å². The number of carboxylic acid groups (broad SMARTS) is 1. The Bertz CT molecular complexity index is 501. The second-order valence-corrected chi connectivity index (χ2v) is 4.03. The summed E-state index contributed by atoms with van der Waals surface area (Å²) in [4.78, 5) is 10.5. The van der Waals surface area contributed by atoms with Crippen LogP contribution >= 0.6 is 0 Å². The Labute approximate surface area is 113 Å². The van der Waals surface area contributed by atoms with Gasteiger partial charge in [0.1, 0.15) is 6.61 Å². The van der Waals surface area contributed by atoms with Crippen LogP contribution in [0.1, 0.15) is 19.4 Å². The number of hydrogen-bond acceptors (Lipinski definition) is 3. The van der Waals surface area contributed by atoms with Gasteiger partial charge in [0.05, 0.1) is 7.11 Å². The second kappa shape index (κ2) is 7.26. The van der Waals surface area contributed by atoms with Crippen molar-refractivity contribution in [2.45, 2.75) is 13.8 Å². The van der Waals surface area contributed by atoms with Gasteiger partial charge in [-0.3, -0.25) is 0 Å². The Balaban J connectivity index is 2.81. The summed E-state index contributed by atoms with van der Waals surface area (Å²) in [5.41, 5.74) is 1.65. The maximum Gasteiger partial charge on any atom is 0.328 e. The molecule has 1 aromatic rings. The topological polar surface area (TPSA) is 55.8 Å². The molecular weight excluding hydrogens is 244 g/mol. The smallest absolute Gasteiger partial charge is 0.328 e. The first-order chi connectivity index (χ1) is 9.06. The first kappa shape index (κ1) is 14.8. The minimum atomic E-state index is -0.975. The highest BCUT2D eigenvalue weighted by atomic mass is 16.5. The quantitative estimate of drug-likeness (QED) is 0.800. The van der Waals surface area contributed by atoms with Gasteiger partial charge in [-0.1, -0.05) is 18.2 Å². The molecule has 4 nitrogen and oxygen atoms in total. The van der Waals surface area contributed by atoms with E-state index in [1.54, 1.807) is 14.0 Å². The summed E-state index contributed by atoms with van der Waals surface area (Å²) in [5, 5.41) is 8.61. The Hall–Kier alpha value is -2.23. The van der Waals surface area contributed by atoms with Crippen LogP contribution in [0.4, 0.5) is 0 Å². The summed E-state index contributed by atoms with van der Waals surface area (Å²) < 4.78 is 10.8. The zero-order chi connectivity index (χ0) is 14.3. The Morgan fingerprint density at radius 3 is 2.68 bits per heavy atom. The summed E-state index contributed by atoms with van der Waals surface area (Å²) in [5.74, 6) is 0.240. The summed E-state index contributed by atoms with van der Waals surface area (Å²) in [7, 11) is 1.57. The summed E-state index contributed by atoms with van der Waals surface area (Å²) in [6, 6.07) is 5.59. The number of carboxylic acids is 1. The molecule has 0 heterocycles. The van der Waals surface area contributed by atoms with Crippen LogP contribution in [0.2, 0.25) is 0 Å². The third kappa shape index (κ3) is 4.87. The maximum atomic E-state index is 10.5. The third-order valence-electron chi connectivity index (χ3n) is 2.37. The number of rotatable bonds is 6. The molecular formula is C15H18O4. The van der Waals surface area contributed by atoms with Crippen LogP contribution in [0.5, 0.6) is 11.5 Å². The molecule has 0 radical (unpaired) electrons. The van der Waals surface area contributed by atoms with E-state index in [4.69, 9.17) is 14.6 Å². The second-order valence-electron chi connectivity index (χ2n) is 4.03. The normalized spacial score (nSPS) is 11.6. The largest absolute Gasteiger partial charge is 0.493 e. The van der Waals surface area contributed by atoms with Gasteiger partial charge in [0, 0.05) is 6.08 Å². The molecule has 0 aliphatic heterocycles. The van der Waals surface area contributed by atoms with E-state index in [2.05, 4.69) is 0 Å². The van der Waals surface area contributed by atoms with Crippen molar-refractivity contribution >= 4 is 12.0 Å². The van der Waals surface area contributed by atoms with Crippen LogP contribution in [0.3, 0.4) is 0 Å². The standard InChI is InChI=1S/C15H18O4/c1-4-5-12-6-7-13(14(9-12)18-3)19-10-11(2)8-15(16)17/h4-9H,10H2,1-3H3,(H,16,17). The van der Waals surface area contributed by atoms with Crippen molar-refractivity contribution in [3.05, 3.63) is 41.5 Å². The summed E-state index contributed by atoms with van der Waals surface area (Å²) in [6.45, 7) is 3.86. The van der Waals surface area contributed by atoms with E-state index in [1.165, 1.54) is 0 Å². The van der Waals surface area contributed by atoms with Crippen LogP contribution in [-0.2, 0) is 4.79 Å². The summed E-state index contributed by atoms with van der Waals surface area (Å²) in [6.07, 6.45) is 5.03. The van der Waals surface area contributed by atoms with Crippen LogP contribution < -0.4 is 9.47 Å². The molecule has 1 rings (SSSR count). The lowest BCUT2D eigenvalue weighted by molar-refractivity contribution is -0.131. The van der Waals surface area contributed by atoms with Crippen LogP contribution in [0.15, 0.2) is 35.9 Å². The number of methoxy groups -OCH3 is 1. The van der Waals surface area contributed by atoms with E-state index in [9.17, 15) is 4.79 Å². The van der Waals surface area contributed by atoms with Crippen molar-refractivity contribution < 1.29 is 19.4 Å². The molecule has 0 amide bonds. The molecule has 0 aromatic heterocycles. The SMILES string of the molecule is CC=Cc1ccc(OCC(C)=CC(=O)O)c(OC)c1. The number of allylic oxidation sites excluding steroid dienone is 1. The fourth-order valence-electron chi connectivity index (χ4n) is 1.54. The Kier molecular flexibility index (Phi) is 5.67. The molecule has 0 aliphatic rings. The lowest BCUT2D eigenvalue weighted by Crippen LogP contribution is -2.02. The molecule has 1 aromatic carbocycles. The number of carbonyl (C=O) groups is 1. The van der Waals surface area contributed by atoms with Gasteiger partial charge in [0.25, 0.3) is 0 Å². The van der Waals surface area contributed by atoms with Gasteiger partial charge in [-0.2, -0.15) is 0 Å². The molecule has 1 N–H and O–H groups in total. The van der Waals surface area contributed by atoms with E-state index in [0.717, 1.165) is 11.6 Å². The Morgan fingerprint density at radius 2 is 2.11 bits per heavy atom. The molecule has 102 valence electrons. The number of benzene rings is 1. The highest BCUT2D eigenvalue weighted by Crippen LogP contribution is 2.28. The van der Waals surface area contributed by atoms with Gasteiger partial charge >= 0.3 is 5.97 Å². The minimum absolute atomic E-state index is 0.214. The monoisotopic (exact) mass is 262 g/mol. The minimum Gasteiger partial charge on any atom is -0.493 e. The van der Waals surface area contributed by atoms with Crippen molar-refractivity contribution in [2.24, 2.45) is 0 Å². The van der Waals surface area contributed by atoms with Crippen LogP contribution in [0, 0.1) is 0 Å². The molecule has 0 aliphatic carbocycles. The lowest BCUT2D eigenvalue weighted by Gasteiger charge is -2.11. The molecule has 0 atom stereocenters. The number of hydrogen-bond donors (Lipinski definition) is 1. The van der Waals surface area contributed by atoms with Crippen LogP contribution in [0.25, 0.3) is 6.08 Å². The van der Waals surface area contributed by atoms with Gasteiger partial charge in [-0.25, -0.2) is 4.79 Å². The predicted molar refractivity (Wildman–Crippen MR) is 74.6 cm³/mol. The zero-order valence-corrected chi connectivity index (χ0v) is 11.3. The average Bonchev–Trinajstić information content (AvgIpc) is 2.36. The summed E-state index contributed by atoms with van der Waals surface area (Å²) >= 11 is 0. The van der Waals surface area contributed by atoms with Gasteiger partial charge in [-0.05, 0) is 37.1 Å². The van der Waals surface area contributed by atoms with Crippen molar-refractivity contribution in [3.63, 3.8) is 0 Å². The lowest BCUT2D eigenvalue weighted by atomic mass is 10.2. The van der Waals surface area contributed by atoms with Crippen molar-refractivity contribution in [3.8, 4) is 11.5 Å². The van der Waals surface area contributed by atoms with E-state index in [-0.39, 0.29) is 6.61 Å². The van der Waals surface area contributed by atoms with Gasteiger partial charge in [0.2, 0.25) is 0 Å². The molecule has 0 spiro atoms. The Morgan fingerprint density at radius 1 is 1.37 bits per heavy atom. The fraction of sp³-hybridized carbons (Fsp3) is 0.267. The molecule has 0 unspecified atom stereocenters. The van der Waals surface area contributed by atoms with Crippen molar-refractivity contribution in [2.75, 3.05) is 13.7 Å². The predicted octanol–water partition coefficient (Wildman–Crippen LogP) is 3.14. The van der Waals surface area contributed by atoms with Crippen molar-refractivity contribution in [1.82, 2.24) is 0 Å². The first-order valence-electron chi connectivity index (χ1n) is 5.90. The number of aliphatic carboxylic acids is 1. The average molecular weight is 262 g/mol. The third-order valence-corrected chi connectivity index (χ3v) is 2.37. The highest BCUT2D eigenvalue weighted by molar-refractivity contribution is 5.80. The zero-order valence-electron chi connectivity index (χ0n) is 11.3. The van der Waals surface area contributed by atoms with E-state index in [1.807, 2.05) is 37.3 Å². The van der Waals surface area contributed by atoms with E-state index >= 15 is 0 Å². The van der Waals surface area contributed by atoms with Gasteiger partial charge < -0.3 is 14.6 Å². The highest BCUT2D eigenvalue weighted by Gasteiger charge is 2.05. The molecule has 4 heteroatoms. The molecule has 0 saturated carbocycles. The molecule has 0 bridgehead atoms. The van der Waals surface area contributed by atoms with E-state index in [0.29, 0.717) is 17.1 Å². The fourth-order valence-corrected chi connectivity index (χ4v) is 1.54.